The molecule has 0 bridgehead atoms. The van der Waals surface area contributed by atoms with Gasteiger partial charge in [0.05, 0.1) is 5.92 Å². The molecule has 0 radical (unpaired) electrons. The van der Waals surface area contributed by atoms with Gasteiger partial charge in [0.2, 0.25) is 10.0 Å². The first kappa shape index (κ1) is 14.0. The van der Waals surface area contributed by atoms with Crippen LogP contribution in [0.25, 0.3) is 0 Å². The third-order valence-corrected chi connectivity index (χ3v) is 4.81. The topological polar surface area (TPSA) is 96.4 Å². The lowest BCUT2D eigenvalue weighted by Crippen LogP contribution is -2.45. The molecule has 2 atom stereocenters. The Balaban J connectivity index is 2.17. The minimum atomic E-state index is -3.70. The van der Waals surface area contributed by atoms with Crippen molar-refractivity contribution in [3.05, 3.63) is 24.5 Å². The summed E-state index contributed by atoms with van der Waals surface area (Å²) in [7, 11) is -3.70. The van der Waals surface area contributed by atoms with Crippen molar-refractivity contribution in [1.82, 2.24) is 9.71 Å². The highest BCUT2D eigenvalue weighted by molar-refractivity contribution is 7.89. The SMILES string of the molecule is O=C(O)C1CCCCC1NS(=O)(=O)c1cccnc1. The Morgan fingerprint density at radius 1 is 1.37 bits per heavy atom. The van der Waals surface area contributed by atoms with Crippen LogP contribution in [0.1, 0.15) is 25.7 Å². The molecule has 19 heavy (non-hydrogen) atoms. The molecule has 2 unspecified atom stereocenters. The monoisotopic (exact) mass is 284 g/mol. The van der Waals surface area contributed by atoms with Crippen molar-refractivity contribution in [1.29, 1.82) is 0 Å². The molecule has 1 heterocycles. The van der Waals surface area contributed by atoms with Gasteiger partial charge in [-0.15, -0.1) is 0 Å². The summed E-state index contributed by atoms with van der Waals surface area (Å²) >= 11 is 0. The van der Waals surface area contributed by atoms with Crippen molar-refractivity contribution in [3.63, 3.8) is 0 Å². The first-order chi connectivity index (χ1) is 9.00. The maximum Gasteiger partial charge on any atom is 0.308 e. The summed E-state index contributed by atoms with van der Waals surface area (Å²) in [5, 5.41) is 9.13. The third-order valence-electron chi connectivity index (χ3n) is 3.33. The zero-order chi connectivity index (χ0) is 13.9. The molecule has 0 spiro atoms. The lowest BCUT2D eigenvalue weighted by molar-refractivity contribution is -0.143. The number of sulfonamides is 1. The van der Waals surface area contributed by atoms with E-state index >= 15 is 0 Å². The van der Waals surface area contributed by atoms with Crippen LogP contribution in [-0.2, 0) is 14.8 Å². The lowest BCUT2D eigenvalue weighted by Gasteiger charge is -2.28. The average Bonchev–Trinajstić information content (AvgIpc) is 2.39. The van der Waals surface area contributed by atoms with Crippen LogP contribution >= 0.6 is 0 Å². The average molecular weight is 284 g/mol. The smallest absolute Gasteiger partial charge is 0.308 e. The summed E-state index contributed by atoms with van der Waals surface area (Å²) in [5.41, 5.74) is 0. The molecule has 1 aromatic heterocycles. The van der Waals surface area contributed by atoms with Gasteiger partial charge in [-0.05, 0) is 25.0 Å². The molecule has 0 amide bonds. The summed E-state index contributed by atoms with van der Waals surface area (Å²) in [6.45, 7) is 0. The second-order valence-corrected chi connectivity index (χ2v) is 6.36. The van der Waals surface area contributed by atoms with E-state index in [0.717, 1.165) is 12.8 Å². The summed E-state index contributed by atoms with van der Waals surface area (Å²) in [4.78, 5) is 15.0. The number of nitrogens with zero attached hydrogens (tertiary/aromatic N) is 1. The van der Waals surface area contributed by atoms with E-state index in [2.05, 4.69) is 9.71 Å². The minimum absolute atomic E-state index is 0.0599. The molecule has 2 N–H and O–H groups in total. The van der Waals surface area contributed by atoms with E-state index in [0.29, 0.717) is 12.8 Å². The maximum atomic E-state index is 12.1. The number of hydrogen-bond donors (Lipinski definition) is 2. The number of carboxylic acid groups (broad SMARTS) is 1. The summed E-state index contributed by atoms with van der Waals surface area (Å²) < 4.78 is 26.7. The van der Waals surface area contributed by atoms with E-state index in [9.17, 15) is 13.2 Å². The molecule has 1 aliphatic carbocycles. The van der Waals surface area contributed by atoms with Crippen LogP contribution in [0.3, 0.4) is 0 Å². The van der Waals surface area contributed by atoms with Gasteiger partial charge in [-0.1, -0.05) is 12.8 Å². The molecule has 0 saturated heterocycles. The molecule has 1 aliphatic rings. The highest BCUT2D eigenvalue weighted by Gasteiger charge is 2.33. The fourth-order valence-electron chi connectivity index (χ4n) is 2.34. The molecule has 104 valence electrons. The van der Waals surface area contributed by atoms with Crippen molar-refractivity contribution in [2.75, 3.05) is 0 Å². The van der Waals surface area contributed by atoms with Crippen molar-refractivity contribution >= 4 is 16.0 Å². The molecule has 0 aliphatic heterocycles. The minimum Gasteiger partial charge on any atom is -0.481 e. The van der Waals surface area contributed by atoms with Crippen LogP contribution in [-0.4, -0.2) is 30.5 Å². The summed E-state index contributed by atoms with van der Waals surface area (Å²) in [6, 6.07) is 2.43. The second kappa shape index (κ2) is 5.66. The predicted molar refractivity (Wildman–Crippen MR) is 67.9 cm³/mol. The molecule has 1 fully saturated rings. The van der Waals surface area contributed by atoms with E-state index in [1.54, 1.807) is 0 Å². The van der Waals surface area contributed by atoms with Gasteiger partial charge in [0, 0.05) is 18.4 Å². The van der Waals surface area contributed by atoms with Crippen molar-refractivity contribution in [3.8, 4) is 0 Å². The van der Waals surface area contributed by atoms with Crippen LogP contribution in [0.2, 0.25) is 0 Å². The Bertz CT molecular complexity index is 544. The first-order valence-corrected chi connectivity index (χ1v) is 7.64. The van der Waals surface area contributed by atoms with Crippen LogP contribution < -0.4 is 4.72 Å². The Morgan fingerprint density at radius 2 is 2.11 bits per heavy atom. The summed E-state index contributed by atoms with van der Waals surface area (Å²) in [5.74, 6) is -1.60. The third kappa shape index (κ3) is 3.30. The number of hydrogen-bond acceptors (Lipinski definition) is 4. The van der Waals surface area contributed by atoms with E-state index in [4.69, 9.17) is 5.11 Å². The Hall–Kier alpha value is -1.47. The van der Waals surface area contributed by atoms with Crippen molar-refractivity contribution in [2.45, 2.75) is 36.6 Å². The standard InChI is InChI=1S/C12H16N2O4S/c15-12(16)10-5-1-2-6-11(10)14-19(17,18)9-4-3-7-13-8-9/h3-4,7-8,10-11,14H,1-2,5-6H2,(H,15,16). The summed E-state index contributed by atoms with van der Waals surface area (Å²) in [6.07, 6.45) is 5.46. The number of aliphatic carboxylic acids is 1. The zero-order valence-corrected chi connectivity index (χ0v) is 11.1. The number of pyridine rings is 1. The molecule has 1 saturated carbocycles. The molecule has 7 heteroatoms. The number of carboxylic acids is 1. The first-order valence-electron chi connectivity index (χ1n) is 6.16. The largest absolute Gasteiger partial charge is 0.481 e. The van der Waals surface area contributed by atoms with Gasteiger partial charge in [-0.25, -0.2) is 13.1 Å². The van der Waals surface area contributed by atoms with Crippen LogP contribution in [0.4, 0.5) is 0 Å². The number of carbonyl (C=O) groups is 1. The maximum absolute atomic E-state index is 12.1. The van der Waals surface area contributed by atoms with Crippen LogP contribution in [0.15, 0.2) is 29.4 Å². The number of nitrogens with one attached hydrogen (secondary N) is 1. The lowest BCUT2D eigenvalue weighted by atomic mass is 9.85. The zero-order valence-electron chi connectivity index (χ0n) is 10.3. The highest BCUT2D eigenvalue weighted by atomic mass is 32.2. The van der Waals surface area contributed by atoms with Crippen LogP contribution in [0.5, 0.6) is 0 Å². The van der Waals surface area contributed by atoms with Gasteiger partial charge in [0.1, 0.15) is 4.90 Å². The van der Waals surface area contributed by atoms with Gasteiger partial charge in [0.25, 0.3) is 0 Å². The molecule has 6 nitrogen and oxygen atoms in total. The van der Waals surface area contributed by atoms with Gasteiger partial charge in [-0.2, -0.15) is 0 Å². The fraction of sp³-hybridized carbons (Fsp3) is 0.500. The predicted octanol–water partition coefficient (Wildman–Crippen LogP) is 1.00. The van der Waals surface area contributed by atoms with Gasteiger partial charge >= 0.3 is 5.97 Å². The Labute approximate surface area is 111 Å². The number of rotatable bonds is 4. The van der Waals surface area contributed by atoms with E-state index < -0.39 is 28.0 Å². The number of aromatic nitrogens is 1. The molecular formula is C12H16N2O4S. The fourth-order valence-corrected chi connectivity index (χ4v) is 3.62. The Kier molecular flexibility index (Phi) is 4.16. The molecule has 2 rings (SSSR count). The van der Waals surface area contributed by atoms with Gasteiger partial charge in [0.15, 0.2) is 0 Å². The molecule has 1 aromatic rings. The van der Waals surface area contributed by atoms with Crippen molar-refractivity contribution < 1.29 is 18.3 Å². The quantitative estimate of drug-likeness (QED) is 0.860. The van der Waals surface area contributed by atoms with Crippen LogP contribution in [0, 0.1) is 5.92 Å². The van der Waals surface area contributed by atoms with E-state index in [1.807, 2.05) is 0 Å². The highest BCUT2D eigenvalue weighted by Crippen LogP contribution is 2.26. The van der Waals surface area contributed by atoms with E-state index in [1.165, 1.54) is 24.5 Å². The van der Waals surface area contributed by atoms with Crippen molar-refractivity contribution in [2.24, 2.45) is 5.92 Å². The molecular weight excluding hydrogens is 268 g/mol. The van der Waals surface area contributed by atoms with Gasteiger partial charge < -0.3 is 5.11 Å². The van der Waals surface area contributed by atoms with E-state index in [-0.39, 0.29) is 4.90 Å². The van der Waals surface area contributed by atoms with Gasteiger partial charge in [-0.3, -0.25) is 9.78 Å². The Morgan fingerprint density at radius 3 is 2.74 bits per heavy atom. The second-order valence-electron chi connectivity index (χ2n) is 4.65. The molecule has 0 aromatic carbocycles. The normalized spacial score (nSPS) is 24.0.